The lowest BCUT2D eigenvalue weighted by Gasteiger charge is -2.10. The van der Waals surface area contributed by atoms with Crippen molar-refractivity contribution in [1.82, 2.24) is 4.98 Å². The molecule has 0 spiro atoms. The molecule has 92 valence electrons. The van der Waals surface area contributed by atoms with Crippen LogP contribution in [0.3, 0.4) is 0 Å². The van der Waals surface area contributed by atoms with Crippen molar-refractivity contribution >= 4 is 0 Å². The number of nitrogens with zero attached hydrogens (tertiary/aromatic N) is 2. The van der Waals surface area contributed by atoms with Crippen molar-refractivity contribution in [2.45, 2.75) is 32.6 Å². The Morgan fingerprint density at radius 1 is 1.41 bits per heavy atom. The van der Waals surface area contributed by atoms with Crippen LogP contribution < -0.4 is 10.5 Å². The lowest BCUT2D eigenvalue weighted by molar-refractivity contribution is 0.303. The Hall–Kier alpha value is -1.60. The summed E-state index contributed by atoms with van der Waals surface area (Å²) in [7, 11) is 0. The van der Waals surface area contributed by atoms with E-state index in [4.69, 9.17) is 15.7 Å². The third kappa shape index (κ3) is 4.83. The van der Waals surface area contributed by atoms with Crippen molar-refractivity contribution in [3.05, 3.63) is 23.5 Å². The van der Waals surface area contributed by atoms with Gasteiger partial charge in [0.1, 0.15) is 5.75 Å². The summed E-state index contributed by atoms with van der Waals surface area (Å²) in [6.45, 7) is 3.15. The van der Waals surface area contributed by atoms with E-state index in [0.29, 0.717) is 19.6 Å². The van der Waals surface area contributed by atoms with Gasteiger partial charge in [0.2, 0.25) is 0 Å². The molecule has 0 aliphatic rings. The summed E-state index contributed by atoms with van der Waals surface area (Å²) in [5, 5.41) is 8.41. The highest BCUT2D eigenvalue weighted by atomic mass is 16.5. The Bertz CT molecular complexity index is 385. The smallest absolute Gasteiger partial charge is 0.140 e. The van der Waals surface area contributed by atoms with Gasteiger partial charge in [-0.25, -0.2) is 0 Å². The molecular weight excluding hydrogens is 214 g/mol. The zero-order valence-electron chi connectivity index (χ0n) is 10.3. The summed E-state index contributed by atoms with van der Waals surface area (Å²) in [4.78, 5) is 4.42. The van der Waals surface area contributed by atoms with Crippen LogP contribution in [0.5, 0.6) is 5.75 Å². The number of hydrogen-bond donors (Lipinski definition) is 1. The zero-order valence-corrected chi connectivity index (χ0v) is 10.3. The fourth-order valence-corrected chi connectivity index (χ4v) is 1.53. The second-order valence-electron chi connectivity index (χ2n) is 3.90. The topological polar surface area (TPSA) is 71.9 Å². The van der Waals surface area contributed by atoms with Crippen molar-refractivity contribution < 1.29 is 4.74 Å². The van der Waals surface area contributed by atoms with E-state index in [0.717, 1.165) is 36.4 Å². The van der Waals surface area contributed by atoms with Crippen LogP contribution in [0.4, 0.5) is 0 Å². The van der Waals surface area contributed by atoms with E-state index in [2.05, 4.69) is 11.1 Å². The van der Waals surface area contributed by atoms with Crippen LogP contribution in [0.2, 0.25) is 0 Å². The molecule has 1 aromatic heterocycles. The van der Waals surface area contributed by atoms with Gasteiger partial charge in [-0.05, 0) is 38.4 Å². The van der Waals surface area contributed by atoms with Crippen molar-refractivity contribution in [2.24, 2.45) is 5.73 Å². The van der Waals surface area contributed by atoms with Gasteiger partial charge in [0.15, 0.2) is 0 Å². The van der Waals surface area contributed by atoms with Crippen LogP contribution in [0.25, 0.3) is 0 Å². The molecule has 0 unspecified atom stereocenters. The first-order chi connectivity index (χ1) is 8.27. The van der Waals surface area contributed by atoms with Gasteiger partial charge >= 0.3 is 0 Å². The van der Waals surface area contributed by atoms with Crippen molar-refractivity contribution in [3.63, 3.8) is 0 Å². The van der Waals surface area contributed by atoms with Crippen LogP contribution in [0.1, 0.15) is 30.7 Å². The maximum Gasteiger partial charge on any atom is 0.140 e. The minimum Gasteiger partial charge on any atom is -0.492 e. The van der Waals surface area contributed by atoms with Gasteiger partial charge in [0.25, 0.3) is 0 Å². The van der Waals surface area contributed by atoms with Crippen LogP contribution in [0.15, 0.2) is 12.1 Å². The van der Waals surface area contributed by atoms with Crippen LogP contribution >= 0.6 is 0 Å². The third-order valence-electron chi connectivity index (χ3n) is 2.39. The van der Waals surface area contributed by atoms with Crippen molar-refractivity contribution in [2.75, 3.05) is 13.2 Å². The molecule has 0 saturated carbocycles. The summed E-state index contributed by atoms with van der Waals surface area (Å²) in [5.74, 6) is 0.818. The number of ether oxygens (including phenoxy) is 1. The van der Waals surface area contributed by atoms with E-state index in [1.54, 1.807) is 0 Å². The van der Waals surface area contributed by atoms with Gasteiger partial charge < -0.3 is 10.5 Å². The molecule has 2 N–H and O–H groups in total. The molecule has 0 aromatic carbocycles. The number of rotatable bonds is 7. The number of aromatic nitrogens is 1. The molecule has 0 aliphatic heterocycles. The minimum absolute atomic E-state index is 0.571. The number of aryl methyl sites for hydroxylation is 1. The Morgan fingerprint density at radius 3 is 2.94 bits per heavy atom. The van der Waals surface area contributed by atoms with Gasteiger partial charge in [-0.2, -0.15) is 5.26 Å². The van der Waals surface area contributed by atoms with E-state index in [9.17, 15) is 0 Å². The van der Waals surface area contributed by atoms with E-state index in [1.807, 2.05) is 19.1 Å². The normalized spacial score (nSPS) is 9.94. The second kappa shape index (κ2) is 7.64. The highest BCUT2D eigenvalue weighted by Gasteiger charge is 2.04. The Kier molecular flexibility index (Phi) is 6.05. The van der Waals surface area contributed by atoms with E-state index in [-0.39, 0.29) is 0 Å². The first-order valence-electron chi connectivity index (χ1n) is 5.94. The van der Waals surface area contributed by atoms with Gasteiger partial charge in [-0.3, -0.25) is 4.98 Å². The molecule has 0 bridgehead atoms. The van der Waals surface area contributed by atoms with Crippen molar-refractivity contribution in [3.8, 4) is 11.8 Å². The molecule has 0 atom stereocenters. The molecule has 1 heterocycles. The molecule has 17 heavy (non-hydrogen) atoms. The molecule has 4 heteroatoms. The van der Waals surface area contributed by atoms with Crippen molar-refractivity contribution in [1.29, 1.82) is 5.26 Å². The average molecular weight is 233 g/mol. The number of nitriles is 1. The molecule has 1 aromatic rings. The molecule has 0 radical (unpaired) electrons. The van der Waals surface area contributed by atoms with E-state index >= 15 is 0 Å². The molecule has 0 amide bonds. The van der Waals surface area contributed by atoms with Gasteiger partial charge in [-0.15, -0.1) is 0 Å². The summed E-state index contributed by atoms with van der Waals surface area (Å²) in [6.07, 6.45) is 3.09. The highest BCUT2D eigenvalue weighted by molar-refractivity contribution is 5.29. The quantitative estimate of drug-likeness (QED) is 0.731. The predicted octanol–water partition coefficient (Wildman–Crippen LogP) is 1.96. The SMILES string of the molecule is Cc1ccc(OCCCCC#N)c(CCN)n1. The Morgan fingerprint density at radius 2 is 2.24 bits per heavy atom. The molecule has 4 nitrogen and oxygen atoms in total. The number of nitrogens with two attached hydrogens (primary N) is 1. The molecule has 0 saturated heterocycles. The van der Waals surface area contributed by atoms with Crippen LogP contribution in [-0.4, -0.2) is 18.1 Å². The predicted molar refractivity (Wildman–Crippen MR) is 66.7 cm³/mol. The summed E-state index contributed by atoms with van der Waals surface area (Å²) in [6, 6.07) is 6.00. The standard InChI is InChI=1S/C13H19N3O/c1-11-5-6-13(12(16-11)7-9-15)17-10-4-2-3-8-14/h5-6H,2-4,7,9-10,15H2,1H3. The average Bonchev–Trinajstić information content (AvgIpc) is 2.32. The number of pyridine rings is 1. The fraction of sp³-hybridized carbons (Fsp3) is 0.538. The van der Waals surface area contributed by atoms with Crippen LogP contribution in [-0.2, 0) is 6.42 Å². The monoisotopic (exact) mass is 233 g/mol. The first kappa shape index (κ1) is 13.5. The lowest BCUT2D eigenvalue weighted by Crippen LogP contribution is -2.08. The van der Waals surface area contributed by atoms with Crippen LogP contribution in [0, 0.1) is 18.3 Å². The molecule has 0 fully saturated rings. The second-order valence-corrected chi connectivity index (χ2v) is 3.90. The first-order valence-corrected chi connectivity index (χ1v) is 5.94. The van der Waals surface area contributed by atoms with Gasteiger partial charge in [0.05, 0.1) is 18.4 Å². The van der Waals surface area contributed by atoms with Gasteiger partial charge in [0, 0.05) is 18.5 Å². The minimum atomic E-state index is 0.571. The maximum atomic E-state index is 8.41. The fourth-order valence-electron chi connectivity index (χ4n) is 1.53. The lowest BCUT2D eigenvalue weighted by atomic mass is 10.2. The summed E-state index contributed by atoms with van der Waals surface area (Å²) >= 11 is 0. The van der Waals surface area contributed by atoms with E-state index in [1.165, 1.54) is 0 Å². The number of unbranched alkanes of at least 4 members (excludes halogenated alkanes) is 2. The Labute approximate surface area is 102 Å². The maximum absolute atomic E-state index is 8.41. The third-order valence-corrected chi connectivity index (χ3v) is 2.39. The number of hydrogen-bond acceptors (Lipinski definition) is 4. The largest absolute Gasteiger partial charge is 0.492 e. The molecular formula is C13H19N3O. The van der Waals surface area contributed by atoms with E-state index < -0.39 is 0 Å². The molecule has 0 aliphatic carbocycles. The van der Waals surface area contributed by atoms with Gasteiger partial charge in [-0.1, -0.05) is 0 Å². The Balaban J connectivity index is 2.49. The molecule has 1 rings (SSSR count). The zero-order chi connectivity index (χ0) is 12.5. The summed E-state index contributed by atoms with van der Waals surface area (Å²) in [5.41, 5.74) is 7.44. The summed E-state index contributed by atoms with van der Waals surface area (Å²) < 4.78 is 5.66. The highest BCUT2D eigenvalue weighted by Crippen LogP contribution is 2.17.